The van der Waals surface area contributed by atoms with Gasteiger partial charge in [-0.05, 0) is 49.0 Å². The molecule has 0 saturated heterocycles. The first-order valence-electron chi connectivity index (χ1n) is 6.15. The summed E-state index contributed by atoms with van der Waals surface area (Å²) in [5.41, 5.74) is 2.23. The van der Waals surface area contributed by atoms with E-state index in [4.69, 9.17) is 4.74 Å². The molecule has 2 nitrogen and oxygen atoms in total. The fraction of sp³-hybridized carbons (Fsp3) is 0.400. The zero-order chi connectivity index (χ0) is 12.1. The van der Waals surface area contributed by atoms with Gasteiger partial charge in [-0.15, -0.1) is 0 Å². The SMILES string of the molecule is COc1ccc(CCC(=O)C2=CCCC2)cc1. The molecule has 0 aromatic heterocycles. The lowest BCUT2D eigenvalue weighted by atomic mass is 10.0. The van der Waals surface area contributed by atoms with Gasteiger partial charge in [0.1, 0.15) is 5.75 Å². The highest BCUT2D eigenvalue weighted by atomic mass is 16.5. The summed E-state index contributed by atoms with van der Waals surface area (Å²) in [4.78, 5) is 11.8. The van der Waals surface area contributed by atoms with Crippen LogP contribution in [0.2, 0.25) is 0 Å². The maximum Gasteiger partial charge on any atom is 0.158 e. The minimum absolute atomic E-state index is 0.318. The molecule has 1 aliphatic carbocycles. The average Bonchev–Trinajstić information content (AvgIpc) is 2.90. The lowest BCUT2D eigenvalue weighted by Gasteiger charge is -2.04. The maximum absolute atomic E-state index is 11.8. The van der Waals surface area contributed by atoms with Crippen LogP contribution in [-0.4, -0.2) is 12.9 Å². The molecule has 0 aliphatic heterocycles. The van der Waals surface area contributed by atoms with Crippen molar-refractivity contribution in [2.75, 3.05) is 7.11 Å². The summed E-state index contributed by atoms with van der Waals surface area (Å²) in [5, 5.41) is 0. The topological polar surface area (TPSA) is 26.3 Å². The molecule has 0 heterocycles. The van der Waals surface area contributed by atoms with Crippen LogP contribution in [0.3, 0.4) is 0 Å². The lowest BCUT2D eigenvalue weighted by Crippen LogP contribution is -2.02. The number of hydrogen-bond donors (Lipinski definition) is 0. The number of carbonyl (C=O) groups excluding carboxylic acids is 1. The Morgan fingerprint density at radius 2 is 2.06 bits per heavy atom. The van der Waals surface area contributed by atoms with Gasteiger partial charge in [-0.1, -0.05) is 18.2 Å². The number of allylic oxidation sites excluding steroid dienone is 2. The highest BCUT2D eigenvalue weighted by Crippen LogP contribution is 2.20. The Kier molecular flexibility index (Phi) is 3.97. The van der Waals surface area contributed by atoms with Crippen molar-refractivity contribution in [3.8, 4) is 5.75 Å². The minimum atomic E-state index is 0.318. The van der Waals surface area contributed by atoms with Crippen molar-refractivity contribution >= 4 is 5.78 Å². The molecular weight excluding hydrogens is 212 g/mol. The number of ether oxygens (including phenoxy) is 1. The van der Waals surface area contributed by atoms with Crippen molar-refractivity contribution in [3.05, 3.63) is 41.5 Å². The summed E-state index contributed by atoms with van der Waals surface area (Å²) in [7, 11) is 1.66. The molecule has 0 N–H and O–H groups in total. The molecular formula is C15H18O2. The first-order valence-corrected chi connectivity index (χ1v) is 6.15. The van der Waals surface area contributed by atoms with Crippen LogP contribution >= 0.6 is 0 Å². The summed E-state index contributed by atoms with van der Waals surface area (Å²) in [6.07, 6.45) is 6.73. The molecule has 2 rings (SSSR count). The third-order valence-electron chi connectivity index (χ3n) is 3.20. The van der Waals surface area contributed by atoms with Crippen LogP contribution in [0.15, 0.2) is 35.9 Å². The lowest BCUT2D eigenvalue weighted by molar-refractivity contribution is -0.115. The minimum Gasteiger partial charge on any atom is -0.497 e. The van der Waals surface area contributed by atoms with Gasteiger partial charge in [-0.2, -0.15) is 0 Å². The Morgan fingerprint density at radius 1 is 1.29 bits per heavy atom. The van der Waals surface area contributed by atoms with Crippen molar-refractivity contribution in [3.63, 3.8) is 0 Å². The molecule has 0 unspecified atom stereocenters. The monoisotopic (exact) mass is 230 g/mol. The Hall–Kier alpha value is -1.57. The summed E-state index contributed by atoms with van der Waals surface area (Å²) < 4.78 is 5.10. The van der Waals surface area contributed by atoms with Gasteiger partial charge in [-0.3, -0.25) is 4.79 Å². The van der Waals surface area contributed by atoms with E-state index < -0.39 is 0 Å². The van der Waals surface area contributed by atoms with E-state index in [1.165, 1.54) is 5.56 Å². The second-order valence-corrected chi connectivity index (χ2v) is 4.39. The molecule has 0 spiro atoms. The second kappa shape index (κ2) is 5.67. The van der Waals surface area contributed by atoms with E-state index in [1.54, 1.807) is 7.11 Å². The van der Waals surface area contributed by atoms with E-state index in [2.05, 4.69) is 6.08 Å². The Morgan fingerprint density at radius 3 is 2.65 bits per heavy atom. The molecule has 17 heavy (non-hydrogen) atoms. The average molecular weight is 230 g/mol. The quantitative estimate of drug-likeness (QED) is 0.775. The number of benzene rings is 1. The fourth-order valence-corrected chi connectivity index (χ4v) is 2.13. The predicted octanol–water partition coefficient (Wildman–Crippen LogP) is 3.31. The van der Waals surface area contributed by atoms with Crippen LogP contribution in [0.25, 0.3) is 0 Å². The van der Waals surface area contributed by atoms with Gasteiger partial charge in [0, 0.05) is 6.42 Å². The first kappa shape index (κ1) is 11.9. The van der Waals surface area contributed by atoms with Crippen molar-refractivity contribution in [1.29, 1.82) is 0 Å². The standard InChI is InChI=1S/C15H18O2/c1-17-14-9-6-12(7-10-14)8-11-15(16)13-4-2-3-5-13/h4,6-7,9-10H,2-3,5,8,11H2,1H3. The largest absolute Gasteiger partial charge is 0.497 e. The molecule has 0 atom stereocenters. The van der Waals surface area contributed by atoms with Gasteiger partial charge < -0.3 is 4.74 Å². The molecule has 90 valence electrons. The highest BCUT2D eigenvalue weighted by molar-refractivity contribution is 5.95. The Bertz CT molecular complexity index is 415. The fourth-order valence-electron chi connectivity index (χ4n) is 2.13. The molecule has 2 heteroatoms. The zero-order valence-electron chi connectivity index (χ0n) is 10.2. The maximum atomic E-state index is 11.8. The van der Waals surface area contributed by atoms with Crippen LogP contribution in [0.1, 0.15) is 31.2 Å². The summed E-state index contributed by atoms with van der Waals surface area (Å²) in [5.74, 6) is 1.18. The van der Waals surface area contributed by atoms with Crippen LogP contribution in [-0.2, 0) is 11.2 Å². The highest BCUT2D eigenvalue weighted by Gasteiger charge is 2.12. The van der Waals surface area contributed by atoms with Crippen LogP contribution in [0.4, 0.5) is 0 Å². The third kappa shape index (κ3) is 3.19. The van der Waals surface area contributed by atoms with Crippen LogP contribution in [0.5, 0.6) is 5.75 Å². The number of hydrogen-bond acceptors (Lipinski definition) is 2. The summed E-state index contributed by atoms with van der Waals surface area (Å²) in [6.45, 7) is 0. The number of aryl methyl sites for hydroxylation is 1. The summed E-state index contributed by atoms with van der Waals surface area (Å²) in [6, 6.07) is 7.92. The second-order valence-electron chi connectivity index (χ2n) is 4.39. The molecule has 0 bridgehead atoms. The number of rotatable bonds is 5. The predicted molar refractivity (Wildman–Crippen MR) is 68.3 cm³/mol. The van der Waals surface area contributed by atoms with Gasteiger partial charge in [-0.25, -0.2) is 0 Å². The molecule has 1 aromatic carbocycles. The van der Waals surface area contributed by atoms with E-state index in [9.17, 15) is 4.79 Å². The van der Waals surface area contributed by atoms with Gasteiger partial charge in [0.25, 0.3) is 0 Å². The number of Topliss-reactive ketones (excluding diaryl/α,β-unsaturated/α-hetero) is 1. The molecule has 0 fully saturated rings. The van der Waals surface area contributed by atoms with Gasteiger partial charge in [0.2, 0.25) is 0 Å². The normalized spacial score (nSPS) is 14.5. The summed E-state index contributed by atoms with van der Waals surface area (Å²) >= 11 is 0. The Labute approximate surface area is 102 Å². The van der Waals surface area contributed by atoms with Crippen molar-refractivity contribution in [2.45, 2.75) is 32.1 Å². The Balaban J connectivity index is 1.86. The van der Waals surface area contributed by atoms with Crippen LogP contribution < -0.4 is 4.74 Å². The van der Waals surface area contributed by atoms with E-state index in [0.717, 1.165) is 37.0 Å². The van der Waals surface area contributed by atoms with Crippen molar-refractivity contribution < 1.29 is 9.53 Å². The molecule has 1 aliphatic rings. The smallest absolute Gasteiger partial charge is 0.158 e. The van der Waals surface area contributed by atoms with Crippen LogP contribution in [0, 0.1) is 0 Å². The molecule has 1 aromatic rings. The van der Waals surface area contributed by atoms with Gasteiger partial charge in [0.15, 0.2) is 5.78 Å². The number of ketones is 1. The van der Waals surface area contributed by atoms with Gasteiger partial charge in [0.05, 0.1) is 7.11 Å². The third-order valence-corrected chi connectivity index (χ3v) is 3.20. The zero-order valence-corrected chi connectivity index (χ0v) is 10.2. The van der Waals surface area contributed by atoms with Crippen molar-refractivity contribution in [2.24, 2.45) is 0 Å². The van der Waals surface area contributed by atoms with E-state index >= 15 is 0 Å². The number of methoxy groups -OCH3 is 1. The molecule has 0 radical (unpaired) electrons. The van der Waals surface area contributed by atoms with E-state index in [1.807, 2.05) is 24.3 Å². The number of carbonyl (C=O) groups is 1. The molecule has 0 amide bonds. The van der Waals surface area contributed by atoms with Crippen molar-refractivity contribution in [1.82, 2.24) is 0 Å². The van der Waals surface area contributed by atoms with E-state index in [0.29, 0.717) is 12.2 Å². The molecule has 0 saturated carbocycles. The van der Waals surface area contributed by atoms with Gasteiger partial charge >= 0.3 is 0 Å². The van der Waals surface area contributed by atoms with E-state index in [-0.39, 0.29) is 0 Å². The first-order chi connectivity index (χ1) is 8.29.